The van der Waals surface area contributed by atoms with E-state index >= 15 is 0 Å². The van der Waals surface area contributed by atoms with E-state index < -0.39 is 16.0 Å². The van der Waals surface area contributed by atoms with Gasteiger partial charge in [0.05, 0.1) is 11.7 Å². The van der Waals surface area contributed by atoms with Gasteiger partial charge in [-0.2, -0.15) is 0 Å². The summed E-state index contributed by atoms with van der Waals surface area (Å²) in [6.45, 7) is 0. The van der Waals surface area contributed by atoms with E-state index in [4.69, 9.17) is 0 Å². The van der Waals surface area contributed by atoms with Crippen LogP contribution in [0.25, 0.3) is 0 Å². The largest absolute Gasteiger partial charge is 0.545 e. The molecule has 0 saturated carbocycles. The fourth-order valence-electron chi connectivity index (χ4n) is 1.68. The monoisotopic (exact) mass is 290 g/mol. The van der Waals surface area contributed by atoms with Crippen molar-refractivity contribution in [1.82, 2.24) is 0 Å². The number of carboxylic acid groups (broad SMARTS) is 1. The molecule has 5 nitrogen and oxygen atoms in total. The van der Waals surface area contributed by atoms with Crippen LogP contribution in [0.1, 0.15) is 15.9 Å². The summed E-state index contributed by atoms with van der Waals surface area (Å²) in [5, 5.41) is 10.6. The van der Waals surface area contributed by atoms with Gasteiger partial charge in [-0.3, -0.25) is 4.72 Å². The van der Waals surface area contributed by atoms with Crippen molar-refractivity contribution in [2.24, 2.45) is 0 Å². The Hall–Kier alpha value is -2.34. The van der Waals surface area contributed by atoms with Gasteiger partial charge in [-0.1, -0.05) is 42.5 Å². The first-order chi connectivity index (χ1) is 9.46. The predicted molar refractivity (Wildman–Crippen MR) is 73.5 cm³/mol. The van der Waals surface area contributed by atoms with E-state index in [-0.39, 0.29) is 11.3 Å². The summed E-state index contributed by atoms with van der Waals surface area (Å²) in [7, 11) is -3.53. The number of hydrogen-bond acceptors (Lipinski definition) is 4. The Bertz CT molecular complexity index is 694. The minimum atomic E-state index is -3.53. The highest BCUT2D eigenvalue weighted by Gasteiger charge is 2.11. The number of nitrogens with one attached hydrogen (secondary N) is 1. The maximum absolute atomic E-state index is 11.9. The van der Waals surface area contributed by atoms with Crippen LogP contribution in [-0.4, -0.2) is 14.4 Å². The Labute approximate surface area is 116 Å². The molecule has 104 valence electrons. The summed E-state index contributed by atoms with van der Waals surface area (Å²) in [4.78, 5) is 10.6. The van der Waals surface area contributed by atoms with Gasteiger partial charge in [-0.15, -0.1) is 0 Å². The topological polar surface area (TPSA) is 86.3 Å². The van der Waals surface area contributed by atoms with Crippen LogP contribution in [0.3, 0.4) is 0 Å². The van der Waals surface area contributed by atoms with Crippen molar-refractivity contribution in [2.45, 2.75) is 5.75 Å². The standard InChI is InChI=1S/C14H13NO4S/c16-14(17)12-6-8-13(9-7-12)15-20(18,19)10-11-4-2-1-3-5-11/h1-9,15H,10H2,(H,16,17)/p-1. The molecule has 20 heavy (non-hydrogen) atoms. The minimum absolute atomic E-state index is 0.00370. The third-order valence-electron chi connectivity index (χ3n) is 2.59. The van der Waals surface area contributed by atoms with Gasteiger partial charge in [-0.25, -0.2) is 8.42 Å². The zero-order valence-electron chi connectivity index (χ0n) is 10.4. The Morgan fingerprint density at radius 1 is 1.00 bits per heavy atom. The lowest BCUT2D eigenvalue weighted by Crippen LogP contribution is -2.22. The molecule has 0 fully saturated rings. The highest BCUT2D eigenvalue weighted by Crippen LogP contribution is 2.13. The van der Waals surface area contributed by atoms with Crippen molar-refractivity contribution in [1.29, 1.82) is 0 Å². The maximum Gasteiger partial charge on any atom is 0.236 e. The molecule has 0 unspecified atom stereocenters. The molecule has 0 aromatic heterocycles. The maximum atomic E-state index is 11.9. The number of carbonyl (C=O) groups excluding carboxylic acids is 1. The second-order valence-electron chi connectivity index (χ2n) is 4.21. The Balaban J connectivity index is 2.10. The van der Waals surface area contributed by atoms with Crippen molar-refractivity contribution in [3.05, 3.63) is 65.7 Å². The van der Waals surface area contributed by atoms with Crippen LogP contribution < -0.4 is 9.83 Å². The lowest BCUT2D eigenvalue weighted by atomic mass is 10.2. The van der Waals surface area contributed by atoms with Crippen LogP contribution in [0.2, 0.25) is 0 Å². The number of hydrogen-bond donors (Lipinski definition) is 1. The molecular weight excluding hydrogens is 278 g/mol. The fraction of sp³-hybridized carbons (Fsp3) is 0.0714. The molecule has 0 heterocycles. The second kappa shape index (κ2) is 5.75. The molecule has 2 aromatic carbocycles. The van der Waals surface area contributed by atoms with E-state index in [2.05, 4.69) is 4.72 Å². The number of carbonyl (C=O) groups is 1. The van der Waals surface area contributed by atoms with Crippen molar-refractivity contribution in [3.63, 3.8) is 0 Å². The predicted octanol–water partition coefficient (Wildman–Crippen LogP) is 0.992. The number of rotatable bonds is 5. The molecule has 0 amide bonds. The normalized spacial score (nSPS) is 11.0. The summed E-state index contributed by atoms with van der Waals surface area (Å²) in [5.74, 6) is -1.44. The molecule has 2 rings (SSSR count). The van der Waals surface area contributed by atoms with E-state index in [1.165, 1.54) is 24.3 Å². The highest BCUT2D eigenvalue weighted by atomic mass is 32.2. The van der Waals surface area contributed by atoms with Gasteiger partial charge >= 0.3 is 0 Å². The van der Waals surface area contributed by atoms with Crippen LogP contribution >= 0.6 is 0 Å². The van der Waals surface area contributed by atoms with Gasteiger partial charge in [0.1, 0.15) is 0 Å². The first-order valence-corrected chi connectivity index (χ1v) is 7.47. The molecule has 0 aliphatic carbocycles. The first-order valence-electron chi connectivity index (χ1n) is 5.82. The third kappa shape index (κ3) is 3.83. The average molecular weight is 290 g/mol. The summed E-state index contributed by atoms with van der Waals surface area (Å²) >= 11 is 0. The summed E-state index contributed by atoms with van der Waals surface area (Å²) in [6.07, 6.45) is 0. The number of benzene rings is 2. The number of anilines is 1. The SMILES string of the molecule is O=C([O-])c1ccc(NS(=O)(=O)Cc2ccccc2)cc1. The Morgan fingerprint density at radius 3 is 2.15 bits per heavy atom. The van der Waals surface area contributed by atoms with Crippen LogP contribution in [0.5, 0.6) is 0 Å². The van der Waals surface area contributed by atoms with Crippen molar-refractivity contribution < 1.29 is 18.3 Å². The average Bonchev–Trinajstić information content (AvgIpc) is 2.39. The van der Waals surface area contributed by atoms with Gasteiger partial charge in [0.2, 0.25) is 10.0 Å². The molecule has 6 heteroatoms. The molecule has 0 spiro atoms. The van der Waals surface area contributed by atoms with E-state index in [0.717, 1.165) is 0 Å². The van der Waals surface area contributed by atoms with Gasteiger partial charge < -0.3 is 9.90 Å². The molecule has 2 aromatic rings. The Morgan fingerprint density at radius 2 is 1.60 bits per heavy atom. The number of aromatic carboxylic acids is 1. The van der Waals surface area contributed by atoms with E-state index in [9.17, 15) is 18.3 Å². The molecule has 0 bridgehead atoms. The smallest absolute Gasteiger partial charge is 0.236 e. The summed E-state index contributed by atoms with van der Waals surface area (Å²) in [5.41, 5.74) is 0.980. The van der Waals surface area contributed by atoms with E-state index in [1.807, 2.05) is 6.07 Å². The number of sulfonamides is 1. The zero-order chi connectivity index (χ0) is 14.6. The molecular formula is C14H12NO4S-. The molecule has 1 N–H and O–H groups in total. The quantitative estimate of drug-likeness (QED) is 0.889. The molecule has 0 aliphatic rings. The first kappa shape index (κ1) is 14.1. The molecule has 0 aliphatic heterocycles. The molecule has 0 atom stereocenters. The second-order valence-corrected chi connectivity index (χ2v) is 5.93. The van der Waals surface area contributed by atoms with E-state index in [0.29, 0.717) is 11.3 Å². The van der Waals surface area contributed by atoms with Gasteiger partial charge in [0.25, 0.3) is 0 Å². The summed E-state index contributed by atoms with van der Waals surface area (Å²) < 4.78 is 26.3. The van der Waals surface area contributed by atoms with Crippen LogP contribution in [-0.2, 0) is 15.8 Å². The molecule has 0 saturated heterocycles. The van der Waals surface area contributed by atoms with Crippen molar-refractivity contribution in [2.75, 3.05) is 4.72 Å². The van der Waals surface area contributed by atoms with Crippen LogP contribution in [0.4, 0.5) is 5.69 Å². The van der Waals surface area contributed by atoms with E-state index in [1.54, 1.807) is 24.3 Å². The fourth-order valence-corrected chi connectivity index (χ4v) is 2.88. The van der Waals surface area contributed by atoms with Gasteiger partial charge in [-0.05, 0) is 23.3 Å². The van der Waals surface area contributed by atoms with Crippen molar-refractivity contribution in [3.8, 4) is 0 Å². The van der Waals surface area contributed by atoms with Crippen LogP contribution in [0.15, 0.2) is 54.6 Å². The van der Waals surface area contributed by atoms with Crippen LogP contribution in [0, 0.1) is 0 Å². The van der Waals surface area contributed by atoms with Crippen molar-refractivity contribution >= 4 is 21.7 Å². The van der Waals surface area contributed by atoms with Gasteiger partial charge in [0.15, 0.2) is 0 Å². The summed E-state index contributed by atoms with van der Waals surface area (Å²) in [6, 6.07) is 14.1. The zero-order valence-corrected chi connectivity index (χ0v) is 11.3. The highest BCUT2D eigenvalue weighted by molar-refractivity contribution is 7.91. The number of carboxylic acids is 1. The molecule has 0 radical (unpaired) electrons. The lowest BCUT2D eigenvalue weighted by Gasteiger charge is -2.09. The lowest BCUT2D eigenvalue weighted by molar-refractivity contribution is -0.255. The third-order valence-corrected chi connectivity index (χ3v) is 3.85. The van der Waals surface area contributed by atoms with Gasteiger partial charge in [0, 0.05) is 5.69 Å². The minimum Gasteiger partial charge on any atom is -0.545 e. The Kier molecular flexibility index (Phi) is 4.05.